The van der Waals surface area contributed by atoms with E-state index in [9.17, 15) is 4.79 Å². The Morgan fingerprint density at radius 2 is 1.84 bits per heavy atom. The average molecular weight is 434 g/mol. The molecule has 1 unspecified atom stereocenters. The molecule has 0 radical (unpaired) electrons. The lowest BCUT2D eigenvalue weighted by Gasteiger charge is -2.24. The van der Waals surface area contributed by atoms with Crippen molar-refractivity contribution in [2.75, 3.05) is 20.2 Å². The number of ether oxygens (including phenoxy) is 2. The number of likely N-dealkylation sites (tertiary alicyclic amines) is 1. The molecule has 2 aromatic heterocycles. The van der Waals surface area contributed by atoms with Gasteiger partial charge in [0.15, 0.2) is 5.65 Å². The van der Waals surface area contributed by atoms with E-state index >= 15 is 0 Å². The van der Waals surface area contributed by atoms with Gasteiger partial charge in [-0.05, 0) is 82.5 Å². The van der Waals surface area contributed by atoms with E-state index in [1.54, 1.807) is 12.0 Å². The van der Waals surface area contributed by atoms with Crippen molar-refractivity contribution < 1.29 is 14.3 Å². The largest absolute Gasteiger partial charge is 0.496 e. The van der Waals surface area contributed by atoms with E-state index in [4.69, 9.17) is 19.4 Å². The summed E-state index contributed by atoms with van der Waals surface area (Å²) in [6, 6.07) is 12.3. The second-order valence-corrected chi connectivity index (χ2v) is 9.55. The smallest absolute Gasteiger partial charge is 0.410 e. The first kappa shape index (κ1) is 22.1. The molecule has 1 aliphatic rings. The third-order valence-corrected chi connectivity index (χ3v) is 5.75. The molecule has 1 aliphatic heterocycles. The number of hydrogen-bond donors (Lipinski definition) is 0. The van der Waals surface area contributed by atoms with Gasteiger partial charge in [-0.1, -0.05) is 6.07 Å². The van der Waals surface area contributed by atoms with Gasteiger partial charge in [-0.15, -0.1) is 0 Å². The summed E-state index contributed by atoms with van der Waals surface area (Å²) in [4.78, 5) is 24.0. The molecule has 0 saturated carbocycles. The molecule has 3 heterocycles. The molecule has 1 atom stereocenters. The Labute approximate surface area is 189 Å². The summed E-state index contributed by atoms with van der Waals surface area (Å²) in [6.07, 6.45) is 0.602. The Balaban J connectivity index is 1.62. The Bertz CT molecular complexity index is 1170. The molecule has 0 aliphatic carbocycles. The summed E-state index contributed by atoms with van der Waals surface area (Å²) in [5.41, 5.74) is 5.28. The van der Waals surface area contributed by atoms with Crippen LogP contribution in [-0.4, -0.2) is 46.8 Å². The molecule has 4 rings (SSSR count). The molecule has 1 saturated heterocycles. The predicted molar refractivity (Wildman–Crippen MR) is 126 cm³/mol. The lowest BCUT2D eigenvalue weighted by Crippen LogP contribution is -2.35. The molecule has 0 bridgehead atoms. The van der Waals surface area contributed by atoms with Gasteiger partial charge in [-0.25, -0.2) is 14.8 Å². The van der Waals surface area contributed by atoms with Gasteiger partial charge < -0.3 is 14.4 Å². The molecule has 0 spiro atoms. The Morgan fingerprint density at radius 3 is 2.56 bits per heavy atom. The Kier molecular flexibility index (Phi) is 5.80. The minimum atomic E-state index is -0.494. The normalized spacial score (nSPS) is 16.4. The number of fused-ring (bicyclic) bond motifs is 1. The zero-order valence-electron chi connectivity index (χ0n) is 19.7. The molecule has 3 aromatic rings. The van der Waals surface area contributed by atoms with Crippen LogP contribution in [0.2, 0.25) is 0 Å². The summed E-state index contributed by atoms with van der Waals surface area (Å²) in [7, 11) is 1.69. The van der Waals surface area contributed by atoms with Gasteiger partial charge in [0.1, 0.15) is 11.4 Å². The summed E-state index contributed by atoms with van der Waals surface area (Å²) in [5.74, 6) is 0.988. The lowest BCUT2D eigenvalue weighted by molar-refractivity contribution is 0.0292. The fourth-order valence-corrected chi connectivity index (χ4v) is 4.29. The molecular formula is C26H31N3O3. The molecule has 1 aromatic carbocycles. The van der Waals surface area contributed by atoms with Crippen LogP contribution in [0.15, 0.2) is 36.4 Å². The Morgan fingerprint density at radius 1 is 1.09 bits per heavy atom. The molecule has 168 valence electrons. The predicted octanol–water partition coefficient (Wildman–Crippen LogP) is 5.65. The molecule has 6 heteroatoms. The molecule has 1 amide bonds. The first-order chi connectivity index (χ1) is 15.1. The van der Waals surface area contributed by atoms with Gasteiger partial charge in [-0.3, -0.25) is 0 Å². The minimum Gasteiger partial charge on any atom is -0.496 e. The number of nitrogens with zero attached hydrogens (tertiary/aromatic N) is 3. The fraction of sp³-hybridized carbons (Fsp3) is 0.423. The second kappa shape index (κ2) is 8.41. The average Bonchev–Trinajstić information content (AvgIpc) is 3.21. The van der Waals surface area contributed by atoms with Crippen molar-refractivity contribution in [1.82, 2.24) is 14.9 Å². The highest BCUT2D eigenvalue weighted by Gasteiger charge is 2.31. The number of aromatic nitrogens is 2. The van der Waals surface area contributed by atoms with Crippen molar-refractivity contribution >= 4 is 17.1 Å². The van der Waals surface area contributed by atoms with Crippen LogP contribution in [0.4, 0.5) is 4.79 Å². The van der Waals surface area contributed by atoms with E-state index in [1.165, 1.54) is 0 Å². The van der Waals surface area contributed by atoms with Crippen molar-refractivity contribution in [2.45, 2.75) is 52.6 Å². The number of rotatable bonds is 3. The standard InChI is InChI=1S/C26H31N3O3/c1-16-13-17(2)23(22(14-16)31-6)21-10-8-18-7-9-20(27-24(18)28-21)19-11-12-29(15-19)25(30)32-26(3,4)5/h7-10,13-14,19H,11-12,15H2,1-6H3. The number of aryl methyl sites for hydroxylation is 2. The zero-order valence-corrected chi connectivity index (χ0v) is 19.7. The topological polar surface area (TPSA) is 64.5 Å². The van der Waals surface area contributed by atoms with Crippen LogP contribution in [0.3, 0.4) is 0 Å². The van der Waals surface area contributed by atoms with E-state index in [0.717, 1.165) is 45.6 Å². The quantitative estimate of drug-likeness (QED) is 0.534. The summed E-state index contributed by atoms with van der Waals surface area (Å²) in [6.45, 7) is 11.1. The first-order valence-electron chi connectivity index (χ1n) is 11.1. The van der Waals surface area contributed by atoms with Crippen molar-refractivity contribution in [3.05, 3.63) is 53.2 Å². The van der Waals surface area contributed by atoms with Crippen molar-refractivity contribution in [3.8, 4) is 17.0 Å². The minimum absolute atomic E-state index is 0.174. The molecular weight excluding hydrogens is 402 g/mol. The van der Waals surface area contributed by atoms with E-state index in [-0.39, 0.29) is 12.0 Å². The monoisotopic (exact) mass is 433 g/mol. The van der Waals surface area contributed by atoms with Crippen molar-refractivity contribution in [1.29, 1.82) is 0 Å². The maximum Gasteiger partial charge on any atom is 0.410 e. The maximum atomic E-state index is 12.4. The lowest BCUT2D eigenvalue weighted by atomic mass is 10.0. The third-order valence-electron chi connectivity index (χ3n) is 5.75. The Hall–Kier alpha value is -3.15. The van der Waals surface area contributed by atoms with Crippen LogP contribution >= 0.6 is 0 Å². The third kappa shape index (κ3) is 4.54. The highest BCUT2D eigenvalue weighted by Crippen LogP contribution is 2.34. The number of hydrogen-bond acceptors (Lipinski definition) is 5. The number of carbonyl (C=O) groups is 1. The fourth-order valence-electron chi connectivity index (χ4n) is 4.29. The van der Waals surface area contributed by atoms with Crippen LogP contribution in [-0.2, 0) is 4.74 Å². The summed E-state index contributed by atoms with van der Waals surface area (Å²) < 4.78 is 11.2. The van der Waals surface area contributed by atoms with Crippen LogP contribution in [0.25, 0.3) is 22.3 Å². The van der Waals surface area contributed by atoms with Gasteiger partial charge in [0.05, 0.1) is 12.8 Å². The van der Waals surface area contributed by atoms with Crippen molar-refractivity contribution in [3.63, 3.8) is 0 Å². The molecule has 0 N–H and O–H groups in total. The zero-order chi connectivity index (χ0) is 23.0. The molecule has 6 nitrogen and oxygen atoms in total. The van der Waals surface area contributed by atoms with Crippen LogP contribution in [0.5, 0.6) is 5.75 Å². The number of amides is 1. The summed E-state index contributed by atoms with van der Waals surface area (Å²) >= 11 is 0. The van der Waals surface area contributed by atoms with Gasteiger partial charge in [-0.2, -0.15) is 0 Å². The number of carbonyl (C=O) groups excluding carboxylic acids is 1. The SMILES string of the molecule is COc1cc(C)cc(C)c1-c1ccc2ccc(C3CCN(C(=O)OC(C)(C)C)C3)nc2n1. The van der Waals surface area contributed by atoms with Crippen LogP contribution < -0.4 is 4.74 Å². The van der Waals surface area contributed by atoms with Crippen LogP contribution in [0.1, 0.15) is 49.9 Å². The van der Waals surface area contributed by atoms with Gasteiger partial charge in [0.2, 0.25) is 0 Å². The second-order valence-electron chi connectivity index (χ2n) is 9.55. The van der Waals surface area contributed by atoms with E-state index in [2.05, 4.69) is 32.0 Å². The van der Waals surface area contributed by atoms with E-state index in [1.807, 2.05) is 39.0 Å². The van der Waals surface area contributed by atoms with Gasteiger partial charge in [0, 0.05) is 35.7 Å². The molecule has 1 fully saturated rings. The van der Waals surface area contributed by atoms with E-state index in [0.29, 0.717) is 18.7 Å². The maximum absolute atomic E-state index is 12.4. The number of benzene rings is 1. The highest BCUT2D eigenvalue weighted by molar-refractivity contribution is 5.81. The summed E-state index contributed by atoms with van der Waals surface area (Å²) in [5, 5.41) is 0.989. The van der Waals surface area contributed by atoms with Crippen molar-refractivity contribution in [2.24, 2.45) is 0 Å². The van der Waals surface area contributed by atoms with Crippen LogP contribution in [0, 0.1) is 13.8 Å². The number of methoxy groups -OCH3 is 1. The highest BCUT2D eigenvalue weighted by atomic mass is 16.6. The number of pyridine rings is 2. The molecule has 32 heavy (non-hydrogen) atoms. The van der Waals surface area contributed by atoms with E-state index < -0.39 is 5.60 Å². The van der Waals surface area contributed by atoms with Gasteiger partial charge in [0.25, 0.3) is 0 Å². The first-order valence-corrected chi connectivity index (χ1v) is 11.1. The van der Waals surface area contributed by atoms with Gasteiger partial charge >= 0.3 is 6.09 Å².